The van der Waals surface area contributed by atoms with Gasteiger partial charge in [0, 0.05) is 5.33 Å². The van der Waals surface area contributed by atoms with E-state index in [4.69, 9.17) is 0 Å². The third kappa shape index (κ3) is 4.44. The van der Waals surface area contributed by atoms with Gasteiger partial charge in [0.2, 0.25) is 0 Å². The van der Waals surface area contributed by atoms with E-state index in [2.05, 4.69) is 92.2 Å². The van der Waals surface area contributed by atoms with E-state index >= 15 is 0 Å². The second-order valence-electron chi connectivity index (χ2n) is 6.92. The van der Waals surface area contributed by atoms with Gasteiger partial charge in [-0.2, -0.15) is 0 Å². The maximum Gasteiger partial charge on any atom is 0.0103 e. The topological polar surface area (TPSA) is 0 Å². The van der Waals surface area contributed by atoms with Crippen molar-refractivity contribution in [1.29, 1.82) is 0 Å². The Morgan fingerprint density at radius 3 is 2.19 bits per heavy atom. The Bertz CT molecular complexity index is 576. The molecule has 0 heterocycles. The van der Waals surface area contributed by atoms with Crippen LogP contribution in [0.5, 0.6) is 0 Å². The zero-order valence-corrected chi connectivity index (χ0v) is 15.1. The highest BCUT2D eigenvalue weighted by molar-refractivity contribution is 9.09. The fourth-order valence-electron chi connectivity index (χ4n) is 2.61. The molecular weight excluding hydrogens is 320 g/mol. The van der Waals surface area contributed by atoms with Gasteiger partial charge in [0.25, 0.3) is 0 Å². The normalized spacial score (nSPS) is 13.2. The van der Waals surface area contributed by atoms with Crippen molar-refractivity contribution in [2.45, 2.75) is 45.4 Å². The molecule has 0 bridgehead atoms. The predicted molar refractivity (Wildman–Crippen MR) is 96.6 cm³/mol. The van der Waals surface area contributed by atoms with Crippen LogP contribution in [-0.4, -0.2) is 5.33 Å². The highest BCUT2D eigenvalue weighted by atomic mass is 79.9. The fourth-order valence-corrected chi connectivity index (χ4v) is 3.21. The lowest BCUT2D eigenvalue weighted by molar-refractivity contribution is 0.590. The zero-order chi connectivity index (χ0) is 15.5. The highest BCUT2D eigenvalue weighted by Gasteiger charge is 2.15. The molecule has 0 radical (unpaired) electrons. The van der Waals surface area contributed by atoms with Crippen LogP contribution < -0.4 is 0 Å². The van der Waals surface area contributed by atoms with E-state index in [0.717, 1.165) is 11.8 Å². The molecule has 0 saturated heterocycles. The van der Waals surface area contributed by atoms with Crippen molar-refractivity contribution in [3.05, 3.63) is 70.8 Å². The molecule has 0 aromatic heterocycles. The van der Waals surface area contributed by atoms with E-state index in [0.29, 0.717) is 5.92 Å². The van der Waals surface area contributed by atoms with Crippen LogP contribution in [0.15, 0.2) is 48.5 Å². The Balaban J connectivity index is 2.15. The summed E-state index contributed by atoms with van der Waals surface area (Å²) in [7, 11) is 0. The van der Waals surface area contributed by atoms with Crippen LogP contribution in [0.25, 0.3) is 0 Å². The summed E-state index contributed by atoms with van der Waals surface area (Å²) in [6.45, 7) is 8.94. The Kier molecular flexibility index (Phi) is 5.27. The van der Waals surface area contributed by atoms with Crippen LogP contribution in [0, 0.1) is 6.92 Å². The fraction of sp³-hybridized carbons (Fsp3) is 0.400. The van der Waals surface area contributed by atoms with Crippen molar-refractivity contribution in [2.24, 2.45) is 0 Å². The molecule has 0 saturated carbocycles. The summed E-state index contributed by atoms with van der Waals surface area (Å²) in [6, 6.07) is 18.0. The van der Waals surface area contributed by atoms with Crippen LogP contribution in [0.3, 0.4) is 0 Å². The van der Waals surface area contributed by atoms with Gasteiger partial charge in [-0.25, -0.2) is 0 Å². The lowest BCUT2D eigenvalue weighted by atomic mass is 9.85. The Labute approximate surface area is 137 Å². The van der Waals surface area contributed by atoms with Crippen molar-refractivity contribution in [3.63, 3.8) is 0 Å². The van der Waals surface area contributed by atoms with Gasteiger partial charge in [-0.15, -0.1) is 0 Å². The molecule has 0 spiro atoms. The highest BCUT2D eigenvalue weighted by Crippen LogP contribution is 2.26. The SMILES string of the molecule is Cc1cccc(C(CBr)Cc2ccc(C(C)(C)C)cc2)c1. The maximum atomic E-state index is 3.68. The summed E-state index contributed by atoms with van der Waals surface area (Å²) in [6.07, 6.45) is 1.08. The molecule has 1 unspecified atom stereocenters. The smallest absolute Gasteiger partial charge is 0.0103 e. The molecule has 1 heteroatoms. The van der Waals surface area contributed by atoms with Gasteiger partial charge in [-0.05, 0) is 41.4 Å². The number of benzene rings is 2. The predicted octanol–water partition coefficient (Wildman–Crippen LogP) is 6.01. The molecule has 0 aliphatic rings. The Hall–Kier alpha value is -1.08. The maximum absolute atomic E-state index is 3.68. The summed E-state index contributed by atoms with van der Waals surface area (Å²) in [5, 5.41) is 0.997. The third-order valence-electron chi connectivity index (χ3n) is 4.00. The molecule has 1 atom stereocenters. The van der Waals surface area contributed by atoms with Gasteiger partial charge in [-0.1, -0.05) is 90.8 Å². The van der Waals surface area contributed by atoms with Crippen LogP contribution in [0.2, 0.25) is 0 Å². The molecule has 0 amide bonds. The van der Waals surface area contributed by atoms with E-state index < -0.39 is 0 Å². The lowest BCUT2D eigenvalue weighted by Gasteiger charge is -2.20. The van der Waals surface area contributed by atoms with Gasteiger partial charge in [0.1, 0.15) is 0 Å². The second-order valence-corrected chi connectivity index (χ2v) is 7.56. The zero-order valence-electron chi connectivity index (χ0n) is 13.5. The first-order chi connectivity index (χ1) is 9.90. The minimum absolute atomic E-state index is 0.226. The van der Waals surface area contributed by atoms with Gasteiger partial charge in [0.05, 0.1) is 0 Å². The molecule has 2 aromatic carbocycles. The van der Waals surface area contributed by atoms with Crippen molar-refractivity contribution in [3.8, 4) is 0 Å². The molecule has 0 aliphatic carbocycles. The first-order valence-corrected chi connectivity index (χ1v) is 8.74. The monoisotopic (exact) mass is 344 g/mol. The minimum Gasteiger partial charge on any atom is -0.0921 e. The van der Waals surface area contributed by atoms with Crippen LogP contribution >= 0.6 is 15.9 Å². The van der Waals surface area contributed by atoms with Gasteiger partial charge in [0.15, 0.2) is 0 Å². The summed E-state index contributed by atoms with van der Waals surface area (Å²) in [5.41, 5.74) is 5.80. The minimum atomic E-state index is 0.226. The summed E-state index contributed by atoms with van der Waals surface area (Å²) in [4.78, 5) is 0. The van der Waals surface area contributed by atoms with Gasteiger partial charge < -0.3 is 0 Å². The van der Waals surface area contributed by atoms with E-state index in [1.807, 2.05) is 0 Å². The molecule has 0 N–H and O–H groups in total. The van der Waals surface area contributed by atoms with Crippen LogP contribution in [0.1, 0.15) is 48.9 Å². The van der Waals surface area contributed by atoms with E-state index in [9.17, 15) is 0 Å². The van der Waals surface area contributed by atoms with E-state index in [-0.39, 0.29) is 5.41 Å². The van der Waals surface area contributed by atoms with Crippen molar-refractivity contribution < 1.29 is 0 Å². The van der Waals surface area contributed by atoms with Crippen LogP contribution in [0.4, 0.5) is 0 Å². The van der Waals surface area contributed by atoms with Crippen molar-refractivity contribution in [2.75, 3.05) is 5.33 Å². The van der Waals surface area contributed by atoms with E-state index in [1.165, 1.54) is 22.3 Å². The number of rotatable bonds is 4. The standard InChI is InChI=1S/C20H25Br/c1-15-6-5-7-17(12-15)18(14-21)13-16-8-10-19(11-9-16)20(2,3)4/h5-12,18H,13-14H2,1-4H3. The number of alkyl halides is 1. The summed E-state index contributed by atoms with van der Waals surface area (Å²) in [5.74, 6) is 0.533. The van der Waals surface area contributed by atoms with Crippen molar-refractivity contribution in [1.82, 2.24) is 0 Å². The van der Waals surface area contributed by atoms with Gasteiger partial charge >= 0.3 is 0 Å². The molecule has 2 aromatic rings. The number of hydrogen-bond acceptors (Lipinski definition) is 0. The number of aryl methyl sites for hydroxylation is 1. The lowest BCUT2D eigenvalue weighted by Crippen LogP contribution is -2.11. The summed E-state index contributed by atoms with van der Waals surface area (Å²) >= 11 is 3.68. The van der Waals surface area contributed by atoms with Crippen molar-refractivity contribution >= 4 is 15.9 Å². The molecule has 0 nitrogen and oxygen atoms in total. The molecule has 21 heavy (non-hydrogen) atoms. The first kappa shape index (κ1) is 16.3. The molecule has 2 rings (SSSR count). The average molecular weight is 345 g/mol. The molecule has 0 fully saturated rings. The first-order valence-electron chi connectivity index (χ1n) is 7.62. The molecule has 0 aliphatic heterocycles. The second kappa shape index (κ2) is 6.79. The van der Waals surface area contributed by atoms with Gasteiger partial charge in [-0.3, -0.25) is 0 Å². The Morgan fingerprint density at radius 1 is 1.00 bits per heavy atom. The number of hydrogen-bond donors (Lipinski definition) is 0. The van der Waals surface area contributed by atoms with E-state index in [1.54, 1.807) is 0 Å². The summed E-state index contributed by atoms with van der Waals surface area (Å²) < 4.78 is 0. The number of halogens is 1. The Morgan fingerprint density at radius 2 is 1.67 bits per heavy atom. The quantitative estimate of drug-likeness (QED) is 0.595. The largest absolute Gasteiger partial charge is 0.0921 e. The van der Waals surface area contributed by atoms with Crippen LogP contribution in [-0.2, 0) is 11.8 Å². The molecular formula is C20H25Br. The third-order valence-corrected chi connectivity index (χ3v) is 4.78. The average Bonchev–Trinajstić information content (AvgIpc) is 2.44. The molecule has 112 valence electrons.